The Morgan fingerprint density at radius 2 is 1.76 bits per heavy atom. The second kappa shape index (κ2) is 10.6. The summed E-state index contributed by atoms with van der Waals surface area (Å²) in [5.74, 6) is 0.737. The lowest BCUT2D eigenvalue weighted by Gasteiger charge is -2.41. The Hall–Kier alpha value is -2.18. The number of carbonyl (C=O) groups is 1. The van der Waals surface area contributed by atoms with E-state index < -0.39 is 0 Å². The topological polar surface area (TPSA) is 78.6 Å². The zero-order valence-electron chi connectivity index (χ0n) is 20.5. The maximum absolute atomic E-state index is 13.8. The van der Waals surface area contributed by atoms with E-state index in [1.807, 2.05) is 6.07 Å². The highest BCUT2D eigenvalue weighted by molar-refractivity contribution is 5.93. The smallest absolute Gasteiger partial charge is 0.276 e. The molecular weight excluding hydrogens is 426 g/mol. The Morgan fingerprint density at radius 1 is 1.09 bits per heavy atom. The summed E-state index contributed by atoms with van der Waals surface area (Å²) in [6, 6.07) is 9.07. The fourth-order valence-electron chi connectivity index (χ4n) is 6.39. The van der Waals surface area contributed by atoms with Crippen molar-refractivity contribution in [3.8, 4) is 11.3 Å². The van der Waals surface area contributed by atoms with Gasteiger partial charge in [0.15, 0.2) is 11.5 Å². The Morgan fingerprint density at radius 3 is 2.41 bits per heavy atom. The normalized spacial score (nSPS) is 22.5. The molecule has 0 radical (unpaired) electrons. The van der Waals surface area contributed by atoms with Crippen LogP contribution in [0.4, 0.5) is 0 Å². The van der Waals surface area contributed by atoms with Crippen molar-refractivity contribution < 1.29 is 14.4 Å². The molecule has 2 aromatic rings. The van der Waals surface area contributed by atoms with E-state index in [0.29, 0.717) is 30.1 Å². The van der Waals surface area contributed by atoms with Gasteiger partial charge in [-0.25, -0.2) is 0 Å². The number of nitrogens with zero attached hydrogens (tertiary/aromatic N) is 2. The van der Waals surface area contributed by atoms with Crippen molar-refractivity contribution in [2.24, 2.45) is 0 Å². The molecule has 184 valence electrons. The van der Waals surface area contributed by atoms with Crippen LogP contribution in [0.2, 0.25) is 0 Å². The number of fused-ring (bicyclic) bond motifs is 1. The van der Waals surface area contributed by atoms with Gasteiger partial charge in [-0.1, -0.05) is 61.9 Å². The summed E-state index contributed by atoms with van der Waals surface area (Å²) < 4.78 is 5.80. The van der Waals surface area contributed by atoms with Gasteiger partial charge in [-0.3, -0.25) is 4.79 Å². The molecule has 2 N–H and O–H groups in total. The number of aromatic nitrogens is 1. The van der Waals surface area contributed by atoms with Crippen LogP contribution >= 0.6 is 0 Å². The minimum atomic E-state index is -0.369. The highest BCUT2D eigenvalue weighted by Crippen LogP contribution is 2.38. The van der Waals surface area contributed by atoms with Gasteiger partial charge >= 0.3 is 0 Å². The van der Waals surface area contributed by atoms with Gasteiger partial charge in [0, 0.05) is 36.3 Å². The minimum Gasteiger partial charge on any atom is -0.392 e. The van der Waals surface area contributed by atoms with Crippen molar-refractivity contribution in [3.05, 3.63) is 41.1 Å². The van der Waals surface area contributed by atoms with Crippen molar-refractivity contribution in [2.75, 3.05) is 6.54 Å². The van der Waals surface area contributed by atoms with Crippen LogP contribution in [0, 0.1) is 0 Å². The van der Waals surface area contributed by atoms with Crippen LogP contribution in [0.15, 0.2) is 28.8 Å². The molecule has 3 aliphatic rings. The van der Waals surface area contributed by atoms with Gasteiger partial charge in [-0.15, -0.1) is 0 Å². The van der Waals surface area contributed by atoms with Gasteiger partial charge in [-0.05, 0) is 56.6 Å². The van der Waals surface area contributed by atoms with Crippen LogP contribution in [0.3, 0.4) is 0 Å². The summed E-state index contributed by atoms with van der Waals surface area (Å²) in [7, 11) is 0. The average Bonchev–Trinajstić information content (AvgIpc) is 3.52. The summed E-state index contributed by atoms with van der Waals surface area (Å²) in [5, 5.41) is 17.4. The predicted octanol–water partition coefficient (Wildman–Crippen LogP) is 5.41. The minimum absolute atomic E-state index is 0.0536. The Balaban J connectivity index is 1.38. The van der Waals surface area contributed by atoms with Gasteiger partial charge in [0.1, 0.15) is 0 Å². The number of nitrogens with one attached hydrogen (secondary N) is 1. The van der Waals surface area contributed by atoms with E-state index in [1.54, 1.807) is 6.92 Å². The molecule has 0 aliphatic heterocycles. The molecule has 6 nitrogen and oxygen atoms in total. The monoisotopic (exact) mass is 465 g/mol. The first-order valence-corrected chi connectivity index (χ1v) is 13.4. The first-order valence-electron chi connectivity index (χ1n) is 13.4. The number of carbonyl (C=O) groups excluding carboxylic acids is 1. The number of amides is 1. The van der Waals surface area contributed by atoms with E-state index >= 15 is 0 Å². The fourth-order valence-corrected chi connectivity index (χ4v) is 6.39. The summed E-state index contributed by atoms with van der Waals surface area (Å²) in [6.07, 6.45) is 13.4. The van der Waals surface area contributed by atoms with Crippen molar-refractivity contribution in [2.45, 2.75) is 108 Å². The molecule has 3 aliphatic carbocycles. The molecular formula is C28H39N3O3. The van der Waals surface area contributed by atoms with Crippen molar-refractivity contribution in [1.29, 1.82) is 0 Å². The van der Waals surface area contributed by atoms with Gasteiger partial charge in [0.25, 0.3) is 5.91 Å². The van der Waals surface area contributed by atoms with Crippen molar-refractivity contribution >= 4 is 5.91 Å². The van der Waals surface area contributed by atoms with Gasteiger partial charge < -0.3 is 19.8 Å². The summed E-state index contributed by atoms with van der Waals surface area (Å²) in [4.78, 5) is 16.0. The lowest BCUT2D eigenvalue weighted by atomic mass is 9.88. The molecule has 2 saturated carbocycles. The molecule has 6 heteroatoms. The quantitative estimate of drug-likeness (QED) is 0.572. The van der Waals surface area contributed by atoms with Crippen LogP contribution in [0.25, 0.3) is 11.3 Å². The van der Waals surface area contributed by atoms with Crippen LogP contribution in [0.1, 0.15) is 105 Å². The van der Waals surface area contributed by atoms with Gasteiger partial charge in [0.05, 0.1) is 6.10 Å². The standard InChI is InChI=1S/C28H39N3O3/c1-19(32)18-29-25-16-15-22-23(25)13-8-14-24(22)27-17-26(30-34-27)28(33)31(20-9-4-2-5-10-20)21-11-6-3-7-12-21/h8,13-14,17,19-21,25,29,32H,2-7,9-12,15-16,18H2,1H3. The number of hydrogen-bond donors (Lipinski definition) is 2. The number of benzene rings is 1. The van der Waals surface area contributed by atoms with Gasteiger partial charge in [-0.2, -0.15) is 0 Å². The lowest BCUT2D eigenvalue weighted by molar-refractivity contribution is 0.0438. The second-order valence-electron chi connectivity index (χ2n) is 10.6. The Kier molecular flexibility index (Phi) is 7.35. The molecule has 2 atom stereocenters. The molecule has 1 aromatic heterocycles. The Bertz CT molecular complexity index is 955. The average molecular weight is 466 g/mol. The summed E-state index contributed by atoms with van der Waals surface area (Å²) in [6.45, 7) is 2.38. The Labute approximate surface area is 203 Å². The molecule has 2 unspecified atom stereocenters. The molecule has 2 fully saturated rings. The zero-order valence-corrected chi connectivity index (χ0v) is 20.5. The number of aliphatic hydroxyl groups excluding tert-OH is 1. The van der Waals surface area contributed by atoms with E-state index in [2.05, 4.69) is 33.6 Å². The largest absolute Gasteiger partial charge is 0.392 e. The lowest BCUT2D eigenvalue weighted by Crippen LogP contribution is -2.48. The molecule has 1 heterocycles. The molecule has 0 spiro atoms. The fraction of sp³-hybridized carbons (Fsp3) is 0.643. The number of rotatable bonds is 7. The molecule has 0 bridgehead atoms. The number of hydrogen-bond acceptors (Lipinski definition) is 5. The third-order valence-electron chi connectivity index (χ3n) is 8.10. The highest BCUT2D eigenvalue weighted by atomic mass is 16.5. The van der Waals surface area contributed by atoms with Crippen LogP contribution in [-0.2, 0) is 6.42 Å². The first-order chi connectivity index (χ1) is 16.6. The highest BCUT2D eigenvalue weighted by Gasteiger charge is 2.35. The SMILES string of the molecule is CC(O)CNC1CCc2c(-c3cc(C(=O)N(C4CCCCC4)C4CCCCC4)no3)cccc21. The maximum atomic E-state index is 13.8. The van der Waals surface area contributed by atoms with Crippen LogP contribution in [0.5, 0.6) is 0 Å². The molecule has 34 heavy (non-hydrogen) atoms. The second-order valence-corrected chi connectivity index (χ2v) is 10.6. The van der Waals surface area contributed by atoms with E-state index in [9.17, 15) is 9.90 Å². The van der Waals surface area contributed by atoms with E-state index in [-0.39, 0.29) is 18.1 Å². The molecule has 0 saturated heterocycles. The van der Waals surface area contributed by atoms with E-state index in [0.717, 1.165) is 44.1 Å². The molecule has 1 aromatic carbocycles. The third kappa shape index (κ3) is 4.94. The van der Waals surface area contributed by atoms with Crippen molar-refractivity contribution in [1.82, 2.24) is 15.4 Å². The van der Waals surface area contributed by atoms with E-state index in [4.69, 9.17) is 4.52 Å². The van der Waals surface area contributed by atoms with E-state index in [1.165, 1.54) is 49.7 Å². The molecule has 5 rings (SSSR count). The maximum Gasteiger partial charge on any atom is 0.276 e. The predicted molar refractivity (Wildman–Crippen MR) is 133 cm³/mol. The summed E-state index contributed by atoms with van der Waals surface area (Å²) >= 11 is 0. The summed E-state index contributed by atoms with van der Waals surface area (Å²) in [5.41, 5.74) is 4.00. The zero-order chi connectivity index (χ0) is 23.5. The molecule has 1 amide bonds. The van der Waals surface area contributed by atoms with Crippen LogP contribution in [-0.4, -0.2) is 45.8 Å². The third-order valence-corrected chi connectivity index (χ3v) is 8.10. The van der Waals surface area contributed by atoms with Crippen molar-refractivity contribution in [3.63, 3.8) is 0 Å². The van der Waals surface area contributed by atoms with Crippen LogP contribution < -0.4 is 5.32 Å². The number of aliphatic hydroxyl groups is 1. The first kappa shape index (κ1) is 23.6. The van der Waals surface area contributed by atoms with Gasteiger partial charge in [0.2, 0.25) is 0 Å².